The number of nitrogens with one attached hydrogen (secondary N) is 1. The van der Waals surface area contributed by atoms with Gasteiger partial charge in [0.1, 0.15) is 22.2 Å². The van der Waals surface area contributed by atoms with Crippen molar-refractivity contribution in [3.8, 4) is 5.69 Å². The number of hydrogen-bond acceptors (Lipinski definition) is 7. The predicted octanol–water partition coefficient (Wildman–Crippen LogP) is 4.88. The van der Waals surface area contributed by atoms with Gasteiger partial charge in [-0.15, -0.1) is 11.3 Å². The van der Waals surface area contributed by atoms with Crippen molar-refractivity contribution in [1.29, 1.82) is 0 Å². The lowest BCUT2D eigenvalue weighted by molar-refractivity contribution is -0.115. The highest BCUT2D eigenvalue weighted by molar-refractivity contribution is 7.98. The van der Waals surface area contributed by atoms with E-state index in [0.717, 1.165) is 32.5 Å². The molecule has 7 nitrogen and oxygen atoms in total. The second-order valence-electron chi connectivity index (χ2n) is 7.06. The van der Waals surface area contributed by atoms with Crippen molar-refractivity contribution >= 4 is 45.7 Å². The minimum absolute atomic E-state index is 0.0968. The lowest BCUT2D eigenvalue weighted by atomic mass is 10.3. The molecule has 164 valence electrons. The fourth-order valence-corrected chi connectivity index (χ4v) is 4.96. The summed E-state index contributed by atoms with van der Waals surface area (Å²) in [5, 5.41) is 11.6. The monoisotopic (exact) mass is 476 g/mol. The number of carbonyl (C=O) groups is 1. The average Bonchev–Trinajstić information content (AvgIpc) is 3.46. The molecule has 2 aromatic carbocycles. The SMILES string of the molecule is O=C(Cc1nc(CSc2ncnc3c2cnn3-c2ccc(F)cc2)cs1)Nc1ccccc1. The van der Waals surface area contributed by atoms with Crippen LogP contribution >= 0.6 is 23.1 Å². The first kappa shape index (κ1) is 21.2. The van der Waals surface area contributed by atoms with Gasteiger partial charge in [-0.2, -0.15) is 5.10 Å². The van der Waals surface area contributed by atoms with Gasteiger partial charge in [-0.1, -0.05) is 30.0 Å². The molecule has 3 aromatic heterocycles. The Morgan fingerprint density at radius 1 is 1.09 bits per heavy atom. The van der Waals surface area contributed by atoms with Gasteiger partial charge in [0, 0.05) is 16.8 Å². The first-order valence-corrected chi connectivity index (χ1v) is 11.9. The zero-order valence-electron chi connectivity index (χ0n) is 17.2. The smallest absolute Gasteiger partial charge is 0.231 e. The minimum Gasteiger partial charge on any atom is -0.326 e. The highest BCUT2D eigenvalue weighted by Gasteiger charge is 2.13. The largest absolute Gasteiger partial charge is 0.326 e. The molecule has 0 aliphatic carbocycles. The molecular formula is C23H17FN6OS2. The molecule has 0 unspecified atom stereocenters. The van der Waals surface area contributed by atoms with Gasteiger partial charge in [0.15, 0.2) is 5.65 Å². The Kier molecular flexibility index (Phi) is 6.09. The second-order valence-corrected chi connectivity index (χ2v) is 8.97. The summed E-state index contributed by atoms with van der Waals surface area (Å²) in [6.07, 6.45) is 3.43. The molecule has 1 N–H and O–H groups in total. The zero-order valence-corrected chi connectivity index (χ0v) is 18.8. The molecule has 0 spiro atoms. The lowest BCUT2D eigenvalue weighted by Gasteiger charge is -2.04. The number of aromatic nitrogens is 5. The summed E-state index contributed by atoms with van der Waals surface area (Å²) < 4.78 is 14.9. The predicted molar refractivity (Wildman–Crippen MR) is 127 cm³/mol. The highest BCUT2D eigenvalue weighted by Crippen LogP contribution is 2.29. The van der Waals surface area contributed by atoms with Crippen LogP contribution in [0.3, 0.4) is 0 Å². The van der Waals surface area contributed by atoms with Crippen LogP contribution < -0.4 is 5.32 Å². The van der Waals surface area contributed by atoms with Crippen LogP contribution in [0.5, 0.6) is 0 Å². The Balaban J connectivity index is 1.25. The normalized spacial score (nSPS) is 11.1. The van der Waals surface area contributed by atoms with Gasteiger partial charge >= 0.3 is 0 Å². The van der Waals surface area contributed by atoms with Gasteiger partial charge in [-0.05, 0) is 36.4 Å². The molecule has 0 fully saturated rings. The maximum Gasteiger partial charge on any atom is 0.231 e. The van der Waals surface area contributed by atoms with Gasteiger partial charge < -0.3 is 5.32 Å². The molecule has 10 heteroatoms. The summed E-state index contributed by atoms with van der Waals surface area (Å²) in [5.74, 6) is 0.201. The standard InChI is InChI=1S/C23H17FN6OS2/c24-15-6-8-18(9-7-15)30-22-19(11-27-30)23(26-14-25-22)33-13-17-12-32-21(29-17)10-20(31)28-16-4-2-1-3-5-16/h1-9,11-12,14H,10,13H2,(H,28,31). The van der Waals surface area contributed by atoms with Gasteiger partial charge in [0.2, 0.25) is 5.91 Å². The maximum absolute atomic E-state index is 13.3. The third-order valence-electron chi connectivity index (χ3n) is 4.73. The quantitative estimate of drug-likeness (QED) is 0.266. The van der Waals surface area contributed by atoms with Crippen LogP contribution in [0.2, 0.25) is 0 Å². The summed E-state index contributed by atoms with van der Waals surface area (Å²) in [5.41, 5.74) is 3.02. The van der Waals surface area contributed by atoms with Crippen LogP contribution in [0.4, 0.5) is 10.1 Å². The number of anilines is 1. The number of halogens is 1. The molecule has 1 amide bonds. The van der Waals surface area contributed by atoms with E-state index in [-0.39, 0.29) is 18.1 Å². The molecule has 0 aliphatic heterocycles. The van der Waals surface area contributed by atoms with Crippen molar-refractivity contribution in [2.75, 3.05) is 5.32 Å². The van der Waals surface area contributed by atoms with Gasteiger partial charge in [0.05, 0.1) is 29.4 Å². The molecule has 0 bridgehead atoms. The van der Waals surface area contributed by atoms with Crippen LogP contribution in [0.25, 0.3) is 16.7 Å². The summed E-state index contributed by atoms with van der Waals surface area (Å²) in [4.78, 5) is 25.6. The highest BCUT2D eigenvalue weighted by atomic mass is 32.2. The van der Waals surface area contributed by atoms with Gasteiger partial charge in [0.25, 0.3) is 0 Å². The molecule has 0 radical (unpaired) electrons. The third-order valence-corrected chi connectivity index (χ3v) is 6.66. The van der Waals surface area contributed by atoms with E-state index >= 15 is 0 Å². The number of thioether (sulfide) groups is 1. The fourth-order valence-electron chi connectivity index (χ4n) is 3.21. The Bertz CT molecular complexity index is 1400. The lowest BCUT2D eigenvalue weighted by Crippen LogP contribution is -2.14. The molecule has 33 heavy (non-hydrogen) atoms. The molecule has 5 aromatic rings. The molecule has 0 aliphatic rings. The Morgan fingerprint density at radius 3 is 2.73 bits per heavy atom. The van der Waals surface area contributed by atoms with E-state index in [1.807, 2.05) is 35.7 Å². The summed E-state index contributed by atoms with van der Waals surface area (Å²) in [6.45, 7) is 0. The van der Waals surface area contributed by atoms with Gasteiger partial charge in [-0.25, -0.2) is 24.0 Å². The van der Waals surface area contributed by atoms with Crippen molar-refractivity contribution in [2.45, 2.75) is 17.2 Å². The van der Waals surface area contributed by atoms with Crippen LogP contribution in [-0.2, 0) is 17.0 Å². The number of fused-ring (bicyclic) bond motifs is 1. The number of benzene rings is 2. The molecule has 0 saturated heterocycles. The zero-order chi connectivity index (χ0) is 22.6. The first-order chi connectivity index (χ1) is 16.2. The number of hydrogen-bond donors (Lipinski definition) is 1. The Hall–Kier alpha value is -3.63. The van der Waals surface area contributed by atoms with Crippen LogP contribution in [-0.4, -0.2) is 30.6 Å². The van der Waals surface area contributed by atoms with Crippen molar-refractivity contribution in [2.24, 2.45) is 0 Å². The van der Waals surface area contributed by atoms with Crippen LogP contribution in [0.1, 0.15) is 10.7 Å². The van der Waals surface area contributed by atoms with E-state index in [4.69, 9.17) is 0 Å². The summed E-state index contributed by atoms with van der Waals surface area (Å²) in [6, 6.07) is 15.4. The van der Waals surface area contributed by atoms with Crippen LogP contribution in [0.15, 0.2) is 77.5 Å². The number of carbonyl (C=O) groups excluding carboxylic acids is 1. The van der Waals surface area contributed by atoms with E-state index in [9.17, 15) is 9.18 Å². The molecular weight excluding hydrogens is 459 g/mol. The second kappa shape index (κ2) is 9.47. The molecule has 5 rings (SSSR count). The number of thiazole rings is 1. The van der Waals surface area contributed by atoms with Gasteiger partial charge in [-0.3, -0.25) is 4.79 Å². The van der Waals surface area contributed by atoms with Crippen molar-refractivity contribution < 1.29 is 9.18 Å². The first-order valence-electron chi connectivity index (χ1n) is 10.0. The van der Waals surface area contributed by atoms with Crippen LogP contribution in [0, 0.1) is 5.82 Å². The van der Waals surface area contributed by atoms with E-state index in [1.54, 1.807) is 23.0 Å². The number of amides is 1. The number of nitrogens with zero attached hydrogens (tertiary/aromatic N) is 5. The van der Waals surface area contributed by atoms with E-state index in [1.165, 1.54) is 41.6 Å². The average molecular weight is 477 g/mol. The van der Waals surface area contributed by atoms with E-state index in [0.29, 0.717) is 11.4 Å². The fraction of sp³-hybridized carbons (Fsp3) is 0.0870. The third kappa shape index (κ3) is 4.91. The van der Waals surface area contributed by atoms with Crippen molar-refractivity contribution in [1.82, 2.24) is 24.7 Å². The Labute approximate surface area is 196 Å². The van der Waals surface area contributed by atoms with E-state index < -0.39 is 0 Å². The van der Waals surface area contributed by atoms with Crippen molar-refractivity contribution in [3.05, 3.63) is 89.0 Å². The van der Waals surface area contributed by atoms with Crippen molar-refractivity contribution in [3.63, 3.8) is 0 Å². The topological polar surface area (TPSA) is 85.6 Å². The molecule has 0 saturated carbocycles. The maximum atomic E-state index is 13.3. The van der Waals surface area contributed by atoms with E-state index in [2.05, 4.69) is 25.4 Å². The number of para-hydroxylation sites is 1. The summed E-state index contributed by atoms with van der Waals surface area (Å²) in [7, 11) is 0. The summed E-state index contributed by atoms with van der Waals surface area (Å²) >= 11 is 2.99. The number of rotatable bonds is 7. The minimum atomic E-state index is -0.304. The Morgan fingerprint density at radius 2 is 1.91 bits per heavy atom. The molecule has 3 heterocycles. The molecule has 0 atom stereocenters.